The first-order valence-corrected chi connectivity index (χ1v) is 4.17. The first-order chi connectivity index (χ1) is 6.97. The van der Waals surface area contributed by atoms with E-state index < -0.39 is 22.9 Å². The average Bonchev–Trinajstić information content (AvgIpc) is 2.16. The van der Waals surface area contributed by atoms with E-state index in [4.69, 9.17) is 17.3 Å². The molecule has 0 aliphatic rings. The Morgan fingerprint density at radius 1 is 1.67 bits per heavy atom. The van der Waals surface area contributed by atoms with Gasteiger partial charge in [0.05, 0.1) is 18.4 Å². The molecule has 4 nitrogen and oxygen atoms in total. The minimum absolute atomic E-state index is 0.0223. The van der Waals surface area contributed by atoms with Crippen LogP contribution in [-0.2, 0) is 0 Å². The second kappa shape index (κ2) is 4.39. The van der Waals surface area contributed by atoms with Gasteiger partial charge in [-0.2, -0.15) is 0 Å². The lowest BCUT2D eigenvalue weighted by Gasteiger charge is -2.08. The molecule has 0 atom stereocenters. The van der Waals surface area contributed by atoms with Crippen LogP contribution in [0.3, 0.4) is 0 Å². The number of halogens is 3. The number of carbonyl (C=O) groups excluding carboxylic acids is 1. The number of aromatic nitrogens is 1. The number of nitrogen functional groups attached to an aromatic ring is 1. The molecule has 0 aliphatic carbocycles. The van der Waals surface area contributed by atoms with Crippen molar-refractivity contribution in [1.82, 2.24) is 4.98 Å². The quantitative estimate of drug-likeness (QED) is 0.815. The molecule has 0 aliphatic heterocycles. The van der Waals surface area contributed by atoms with Gasteiger partial charge < -0.3 is 10.5 Å². The number of rotatable bonds is 3. The van der Waals surface area contributed by atoms with Gasteiger partial charge >= 0.3 is 0 Å². The molecule has 0 fully saturated rings. The van der Waals surface area contributed by atoms with Gasteiger partial charge in [-0.05, 0) is 17.7 Å². The van der Waals surface area contributed by atoms with Crippen LogP contribution < -0.4 is 10.5 Å². The van der Waals surface area contributed by atoms with Gasteiger partial charge in [-0.3, -0.25) is 4.79 Å². The molecule has 0 aromatic carbocycles. The van der Waals surface area contributed by atoms with Gasteiger partial charge in [-0.1, -0.05) is 0 Å². The third kappa shape index (κ3) is 2.33. The average molecular weight is 237 g/mol. The Morgan fingerprint density at radius 2 is 2.27 bits per heavy atom. The standard InChI is InChI=1S/C8H7ClF2N2O2/c1-15-8-4(12)2-3(6(9)14)5(13-8)7(10)11/h2,7H,12H2,1H3. The molecule has 1 heterocycles. The van der Waals surface area contributed by atoms with E-state index in [1.165, 1.54) is 7.11 Å². The second-order valence-electron chi connectivity index (χ2n) is 2.59. The molecule has 1 aromatic rings. The number of alkyl halides is 2. The van der Waals surface area contributed by atoms with Crippen molar-refractivity contribution >= 4 is 22.5 Å². The van der Waals surface area contributed by atoms with Gasteiger partial charge in [0.2, 0.25) is 5.88 Å². The summed E-state index contributed by atoms with van der Waals surface area (Å²) >= 11 is 5.11. The van der Waals surface area contributed by atoms with E-state index >= 15 is 0 Å². The molecule has 2 N–H and O–H groups in total. The summed E-state index contributed by atoms with van der Waals surface area (Å²) in [7, 11) is 1.23. The molecule has 0 saturated heterocycles. The fourth-order valence-corrected chi connectivity index (χ4v) is 1.16. The highest BCUT2D eigenvalue weighted by Gasteiger charge is 2.21. The van der Waals surface area contributed by atoms with Gasteiger partial charge in [0.1, 0.15) is 5.69 Å². The van der Waals surface area contributed by atoms with Gasteiger partial charge in [0, 0.05) is 0 Å². The summed E-state index contributed by atoms with van der Waals surface area (Å²) in [6, 6.07) is 1.02. The monoisotopic (exact) mass is 236 g/mol. The topological polar surface area (TPSA) is 65.2 Å². The number of nitrogens with zero attached hydrogens (tertiary/aromatic N) is 1. The molecule has 0 amide bonds. The van der Waals surface area contributed by atoms with E-state index in [0.717, 1.165) is 6.07 Å². The van der Waals surface area contributed by atoms with E-state index in [1.807, 2.05) is 0 Å². The maximum Gasteiger partial charge on any atom is 0.281 e. The summed E-state index contributed by atoms with van der Waals surface area (Å²) < 4.78 is 29.6. The van der Waals surface area contributed by atoms with Crippen molar-refractivity contribution in [2.24, 2.45) is 0 Å². The fourth-order valence-electron chi connectivity index (χ4n) is 1.01. The van der Waals surface area contributed by atoms with E-state index in [1.54, 1.807) is 0 Å². The zero-order valence-electron chi connectivity index (χ0n) is 7.63. The molecule has 82 valence electrons. The van der Waals surface area contributed by atoms with Crippen LogP contribution in [-0.4, -0.2) is 17.3 Å². The summed E-state index contributed by atoms with van der Waals surface area (Å²) in [5, 5.41) is -1.04. The summed E-state index contributed by atoms with van der Waals surface area (Å²) in [5.41, 5.74) is 4.23. The van der Waals surface area contributed by atoms with Gasteiger partial charge in [0.15, 0.2) is 0 Å². The Kier molecular flexibility index (Phi) is 3.41. The number of nitrogens with two attached hydrogens (primary N) is 1. The zero-order chi connectivity index (χ0) is 11.6. The fraction of sp³-hybridized carbons (Fsp3) is 0.250. The molecule has 0 bridgehead atoms. The minimum Gasteiger partial charge on any atom is -0.480 e. The van der Waals surface area contributed by atoms with Gasteiger partial charge in [-0.25, -0.2) is 13.8 Å². The number of hydrogen-bond donors (Lipinski definition) is 1. The Balaban J connectivity index is 3.38. The largest absolute Gasteiger partial charge is 0.480 e. The smallest absolute Gasteiger partial charge is 0.281 e. The normalized spacial score (nSPS) is 10.5. The molecule has 0 saturated carbocycles. The predicted octanol–water partition coefficient (Wildman–Crippen LogP) is 1.99. The Bertz CT molecular complexity index is 398. The van der Waals surface area contributed by atoms with Crippen LogP contribution >= 0.6 is 11.6 Å². The van der Waals surface area contributed by atoms with Crippen LogP contribution in [0.15, 0.2) is 6.07 Å². The first-order valence-electron chi connectivity index (χ1n) is 3.79. The Morgan fingerprint density at radius 3 is 2.67 bits per heavy atom. The third-order valence-corrected chi connectivity index (χ3v) is 1.86. The summed E-state index contributed by atoms with van der Waals surface area (Å²) in [6.45, 7) is 0. The Hall–Kier alpha value is -1.43. The molecule has 0 spiro atoms. The minimum atomic E-state index is -2.92. The number of anilines is 1. The van der Waals surface area contributed by atoms with Crippen molar-refractivity contribution in [2.45, 2.75) is 6.43 Å². The molecular formula is C8H7ClF2N2O2. The molecule has 15 heavy (non-hydrogen) atoms. The van der Waals surface area contributed by atoms with Crippen molar-refractivity contribution < 1.29 is 18.3 Å². The summed E-state index contributed by atoms with van der Waals surface area (Å²) in [4.78, 5) is 14.2. The van der Waals surface area contributed by atoms with E-state index in [2.05, 4.69) is 9.72 Å². The third-order valence-electron chi connectivity index (χ3n) is 1.66. The van der Waals surface area contributed by atoms with Gasteiger partial charge in [0.25, 0.3) is 11.7 Å². The second-order valence-corrected chi connectivity index (χ2v) is 2.94. The maximum absolute atomic E-state index is 12.5. The molecule has 0 radical (unpaired) electrons. The van der Waals surface area contributed by atoms with Crippen molar-refractivity contribution in [3.05, 3.63) is 17.3 Å². The maximum atomic E-state index is 12.5. The number of carbonyl (C=O) groups is 1. The van der Waals surface area contributed by atoms with Crippen LogP contribution in [0, 0.1) is 0 Å². The number of methoxy groups -OCH3 is 1. The summed E-state index contributed by atoms with van der Waals surface area (Å²) in [6.07, 6.45) is -2.92. The molecule has 7 heteroatoms. The highest BCUT2D eigenvalue weighted by Crippen LogP contribution is 2.28. The van der Waals surface area contributed by atoms with Crippen LogP contribution in [0.1, 0.15) is 22.5 Å². The van der Waals surface area contributed by atoms with Crippen LogP contribution in [0.25, 0.3) is 0 Å². The molecule has 1 aromatic heterocycles. The first kappa shape index (κ1) is 11.6. The van der Waals surface area contributed by atoms with Crippen molar-refractivity contribution in [3.63, 3.8) is 0 Å². The van der Waals surface area contributed by atoms with Crippen molar-refractivity contribution in [2.75, 3.05) is 12.8 Å². The lowest BCUT2D eigenvalue weighted by molar-refractivity contribution is 0.106. The van der Waals surface area contributed by atoms with E-state index in [9.17, 15) is 13.6 Å². The highest BCUT2D eigenvalue weighted by molar-refractivity contribution is 6.67. The van der Waals surface area contributed by atoms with E-state index in [0.29, 0.717) is 0 Å². The van der Waals surface area contributed by atoms with Crippen LogP contribution in [0.4, 0.5) is 14.5 Å². The SMILES string of the molecule is COc1nc(C(F)F)c(C(=O)Cl)cc1N. The molecular weight excluding hydrogens is 230 g/mol. The lowest BCUT2D eigenvalue weighted by Crippen LogP contribution is -2.06. The van der Waals surface area contributed by atoms with Crippen molar-refractivity contribution in [1.29, 1.82) is 0 Å². The van der Waals surface area contributed by atoms with Crippen molar-refractivity contribution in [3.8, 4) is 5.88 Å². The molecule has 1 rings (SSSR count). The number of ether oxygens (including phenoxy) is 1. The van der Waals surface area contributed by atoms with E-state index in [-0.39, 0.29) is 11.6 Å². The lowest BCUT2D eigenvalue weighted by atomic mass is 10.2. The zero-order valence-corrected chi connectivity index (χ0v) is 8.39. The van der Waals surface area contributed by atoms with Crippen LogP contribution in [0.2, 0.25) is 0 Å². The Labute approximate surface area is 89.0 Å². The number of pyridine rings is 1. The highest BCUT2D eigenvalue weighted by atomic mass is 35.5. The number of hydrogen-bond acceptors (Lipinski definition) is 4. The van der Waals surface area contributed by atoms with Gasteiger partial charge in [-0.15, -0.1) is 0 Å². The predicted molar refractivity (Wildman–Crippen MR) is 50.3 cm³/mol. The van der Waals surface area contributed by atoms with Crippen LogP contribution in [0.5, 0.6) is 5.88 Å². The molecule has 0 unspecified atom stereocenters. The summed E-state index contributed by atoms with van der Waals surface area (Å²) in [5.74, 6) is -0.160.